The topological polar surface area (TPSA) is 80.3 Å². The molecule has 0 radical (unpaired) electrons. The van der Waals surface area contributed by atoms with Crippen LogP contribution in [0.25, 0.3) is 0 Å². The number of pyridine rings is 1. The van der Waals surface area contributed by atoms with Gasteiger partial charge in [-0.3, -0.25) is 0 Å². The average Bonchev–Trinajstić information content (AvgIpc) is 2.30. The molecule has 1 rings (SSSR count). The van der Waals surface area contributed by atoms with Crippen LogP contribution in [0.2, 0.25) is 5.02 Å². The van der Waals surface area contributed by atoms with Crippen molar-refractivity contribution in [3.63, 3.8) is 0 Å². The van der Waals surface area contributed by atoms with Gasteiger partial charge in [-0.15, -0.1) is 0 Å². The maximum absolute atomic E-state index is 12.3. The predicted molar refractivity (Wildman–Crippen MR) is 79.7 cm³/mol. The van der Waals surface area contributed by atoms with Crippen LogP contribution in [-0.4, -0.2) is 39.2 Å². The van der Waals surface area contributed by atoms with Crippen LogP contribution in [0.1, 0.15) is 20.8 Å². The standard InChI is InChI=1S/C12H20ClN3O3S/c1-5-14-11-10(13)6-9(7-15-11)20(17,18)16-12(2,3)8-19-4/h6-7,16H,5,8H2,1-4H3,(H,14,15). The van der Waals surface area contributed by atoms with E-state index in [9.17, 15) is 8.42 Å². The van der Waals surface area contributed by atoms with E-state index in [1.165, 1.54) is 19.4 Å². The van der Waals surface area contributed by atoms with Crippen molar-refractivity contribution in [2.45, 2.75) is 31.2 Å². The van der Waals surface area contributed by atoms with Gasteiger partial charge in [0.15, 0.2) is 0 Å². The number of nitrogens with one attached hydrogen (secondary N) is 2. The number of ether oxygens (including phenoxy) is 1. The molecule has 1 heterocycles. The number of aromatic nitrogens is 1. The molecule has 0 amide bonds. The van der Waals surface area contributed by atoms with Crippen molar-refractivity contribution in [2.75, 3.05) is 25.6 Å². The number of sulfonamides is 1. The van der Waals surface area contributed by atoms with Crippen molar-refractivity contribution in [1.82, 2.24) is 9.71 Å². The molecule has 0 saturated carbocycles. The van der Waals surface area contributed by atoms with E-state index in [-0.39, 0.29) is 16.5 Å². The van der Waals surface area contributed by atoms with Crippen molar-refractivity contribution in [3.8, 4) is 0 Å². The molecule has 0 bridgehead atoms. The van der Waals surface area contributed by atoms with Gasteiger partial charge < -0.3 is 10.1 Å². The molecule has 20 heavy (non-hydrogen) atoms. The zero-order valence-electron chi connectivity index (χ0n) is 12.0. The lowest BCUT2D eigenvalue weighted by Crippen LogP contribution is -2.46. The highest BCUT2D eigenvalue weighted by molar-refractivity contribution is 7.89. The first-order valence-electron chi connectivity index (χ1n) is 6.14. The van der Waals surface area contributed by atoms with E-state index in [2.05, 4.69) is 15.0 Å². The fourth-order valence-corrected chi connectivity index (χ4v) is 3.34. The maximum Gasteiger partial charge on any atom is 0.242 e. The van der Waals surface area contributed by atoms with Crippen molar-refractivity contribution >= 4 is 27.4 Å². The van der Waals surface area contributed by atoms with Gasteiger partial charge in [0.25, 0.3) is 0 Å². The number of rotatable bonds is 7. The van der Waals surface area contributed by atoms with Crippen LogP contribution >= 0.6 is 11.6 Å². The van der Waals surface area contributed by atoms with Gasteiger partial charge >= 0.3 is 0 Å². The summed E-state index contributed by atoms with van der Waals surface area (Å²) in [6.07, 6.45) is 1.27. The molecular formula is C12H20ClN3O3S. The van der Waals surface area contributed by atoms with Crippen LogP contribution in [0.15, 0.2) is 17.2 Å². The van der Waals surface area contributed by atoms with E-state index in [0.717, 1.165) is 0 Å². The number of nitrogens with zero attached hydrogens (tertiary/aromatic N) is 1. The zero-order valence-corrected chi connectivity index (χ0v) is 13.6. The lowest BCUT2D eigenvalue weighted by atomic mass is 10.1. The van der Waals surface area contributed by atoms with Gasteiger partial charge in [-0.1, -0.05) is 11.6 Å². The van der Waals surface area contributed by atoms with Crippen LogP contribution in [0.3, 0.4) is 0 Å². The Hall–Kier alpha value is -0.890. The van der Waals surface area contributed by atoms with Crippen LogP contribution in [0, 0.1) is 0 Å². The van der Waals surface area contributed by atoms with Crippen LogP contribution in [0.4, 0.5) is 5.82 Å². The molecule has 6 nitrogen and oxygen atoms in total. The Bertz CT molecular complexity index is 561. The molecule has 0 unspecified atom stereocenters. The second-order valence-corrected chi connectivity index (χ2v) is 7.04. The van der Waals surface area contributed by atoms with Gasteiger partial charge in [-0.05, 0) is 26.8 Å². The lowest BCUT2D eigenvalue weighted by molar-refractivity contribution is 0.141. The summed E-state index contributed by atoms with van der Waals surface area (Å²) in [5.74, 6) is 0.462. The third-order valence-corrected chi connectivity index (χ3v) is 4.34. The molecule has 0 spiro atoms. The summed E-state index contributed by atoms with van der Waals surface area (Å²) in [7, 11) is -2.19. The minimum absolute atomic E-state index is 0.0216. The van der Waals surface area contributed by atoms with Crippen molar-refractivity contribution in [3.05, 3.63) is 17.3 Å². The first-order chi connectivity index (χ1) is 9.22. The SMILES string of the molecule is CCNc1ncc(S(=O)(=O)NC(C)(C)COC)cc1Cl. The van der Waals surface area contributed by atoms with Gasteiger partial charge in [0, 0.05) is 19.9 Å². The highest BCUT2D eigenvalue weighted by Crippen LogP contribution is 2.23. The van der Waals surface area contributed by atoms with E-state index in [0.29, 0.717) is 12.4 Å². The first kappa shape index (κ1) is 17.2. The molecule has 1 aromatic heterocycles. The molecule has 114 valence electrons. The molecular weight excluding hydrogens is 302 g/mol. The largest absolute Gasteiger partial charge is 0.383 e. The summed E-state index contributed by atoms with van der Waals surface area (Å²) in [5, 5.41) is 3.21. The lowest BCUT2D eigenvalue weighted by Gasteiger charge is -2.24. The molecule has 0 aliphatic heterocycles. The molecule has 2 N–H and O–H groups in total. The number of methoxy groups -OCH3 is 1. The first-order valence-corrected chi connectivity index (χ1v) is 8.00. The van der Waals surface area contributed by atoms with Gasteiger partial charge in [-0.2, -0.15) is 0 Å². The molecule has 1 aromatic rings. The summed E-state index contributed by atoms with van der Waals surface area (Å²) in [5.41, 5.74) is -0.722. The Kier molecular flexibility index (Phi) is 5.76. The van der Waals surface area contributed by atoms with Gasteiger partial charge in [-0.25, -0.2) is 18.1 Å². The van der Waals surface area contributed by atoms with Crippen LogP contribution < -0.4 is 10.0 Å². The quantitative estimate of drug-likeness (QED) is 0.801. The summed E-state index contributed by atoms with van der Waals surface area (Å²) in [6, 6.07) is 1.37. The average molecular weight is 322 g/mol. The Labute approximate surface area is 124 Å². The predicted octanol–water partition coefficient (Wildman–Crippen LogP) is 1.87. The van der Waals surface area contributed by atoms with Gasteiger partial charge in [0.1, 0.15) is 10.7 Å². The minimum Gasteiger partial charge on any atom is -0.383 e. The highest BCUT2D eigenvalue weighted by atomic mass is 35.5. The van der Waals surface area contributed by atoms with Crippen molar-refractivity contribution in [1.29, 1.82) is 0 Å². The molecule has 0 fully saturated rings. The fourth-order valence-electron chi connectivity index (χ4n) is 1.68. The van der Waals surface area contributed by atoms with E-state index in [4.69, 9.17) is 16.3 Å². The monoisotopic (exact) mass is 321 g/mol. The van der Waals surface area contributed by atoms with Gasteiger partial charge in [0.05, 0.1) is 17.2 Å². The van der Waals surface area contributed by atoms with Crippen LogP contribution in [0.5, 0.6) is 0 Å². The third kappa shape index (κ3) is 4.59. The Morgan fingerprint density at radius 1 is 1.45 bits per heavy atom. The normalized spacial score (nSPS) is 12.4. The summed E-state index contributed by atoms with van der Waals surface area (Å²) < 4.78 is 32.1. The molecule has 0 saturated heterocycles. The molecule has 0 aromatic carbocycles. The second-order valence-electron chi connectivity index (χ2n) is 4.95. The molecule has 0 atom stereocenters. The summed E-state index contributed by atoms with van der Waals surface area (Å²) >= 11 is 6.00. The third-order valence-electron chi connectivity index (χ3n) is 2.39. The van der Waals surface area contributed by atoms with Crippen LogP contribution in [-0.2, 0) is 14.8 Å². The number of hydrogen-bond acceptors (Lipinski definition) is 5. The number of hydrogen-bond donors (Lipinski definition) is 2. The Balaban J connectivity index is 3.01. The van der Waals surface area contributed by atoms with E-state index >= 15 is 0 Å². The van der Waals surface area contributed by atoms with E-state index in [1.54, 1.807) is 13.8 Å². The highest BCUT2D eigenvalue weighted by Gasteiger charge is 2.27. The van der Waals surface area contributed by atoms with Crippen molar-refractivity contribution < 1.29 is 13.2 Å². The second kappa shape index (κ2) is 6.71. The van der Waals surface area contributed by atoms with Crippen molar-refractivity contribution in [2.24, 2.45) is 0 Å². The molecule has 0 aliphatic rings. The minimum atomic E-state index is -3.70. The van der Waals surface area contributed by atoms with E-state index in [1.807, 2.05) is 6.92 Å². The molecule has 0 aliphatic carbocycles. The zero-order chi connectivity index (χ0) is 15.4. The summed E-state index contributed by atoms with van der Waals surface area (Å²) in [4.78, 5) is 4.04. The molecule has 8 heteroatoms. The number of anilines is 1. The maximum atomic E-state index is 12.3. The number of halogens is 1. The summed E-state index contributed by atoms with van der Waals surface area (Å²) in [6.45, 7) is 6.27. The van der Waals surface area contributed by atoms with E-state index < -0.39 is 15.6 Å². The smallest absolute Gasteiger partial charge is 0.242 e. The Morgan fingerprint density at radius 2 is 2.10 bits per heavy atom. The fraction of sp³-hybridized carbons (Fsp3) is 0.583. The van der Waals surface area contributed by atoms with Gasteiger partial charge in [0.2, 0.25) is 10.0 Å². The Morgan fingerprint density at radius 3 is 2.60 bits per heavy atom.